The third kappa shape index (κ3) is 3.68. The van der Waals surface area contributed by atoms with Gasteiger partial charge in [-0.25, -0.2) is 9.97 Å². The minimum Gasteiger partial charge on any atom is -0.497 e. The van der Waals surface area contributed by atoms with Crippen LogP contribution >= 0.6 is 0 Å². The molecule has 0 aliphatic carbocycles. The van der Waals surface area contributed by atoms with Crippen LogP contribution in [0.3, 0.4) is 0 Å². The van der Waals surface area contributed by atoms with Crippen LogP contribution in [-0.2, 0) is 6.42 Å². The van der Waals surface area contributed by atoms with Gasteiger partial charge in [0.25, 0.3) is 0 Å². The summed E-state index contributed by atoms with van der Waals surface area (Å²) < 4.78 is 5.11. The number of hydrogen-bond acceptors (Lipinski definition) is 5. The Labute approximate surface area is 111 Å². The van der Waals surface area contributed by atoms with Crippen molar-refractivity contribution in [2.24, 2.45) is 0 Å². The van der Waals surface area contributed by atoms with Crippen molar-refractivity contribution in [3.8, 4) is 11.8 Å². The average molecular weight is 254 g/mol. The summed E-state index contributed by atoms with van der Waals surface area (Å²) in [5.41, 5.74) is 1.57. The molecule has 5 nitrogen and oxygen atoms in total. The predicted molar refractivity (Wildman–Crippen MR) is 71.9 cm³/mol. The maximum atomic E-state index is 8.73. The van der Waals surface area contributed by atoms with Gasteiger partial charge in [-0.05, 0) is 24.1 Å². The summed E-state index contributed by atoms with van der Waals surface area (Å²) in [5, 5.41) is 11.9. The van der Waals surface area contributed by atoms with Crippen molar-refractivity contribution in [3.05, 3.63) is 47.9 Å². The summed E-state index contributed by atoms with van der Waals surface area (Å²) in [6.07, 6.45) is 2.25. The van der Waals surface area contributed by atoms with Crippen molar-refractivity contribution < 1.29 is 4.74 Å². The number of methoxy groups -OCH3 is 1. The Morgan fingerprint density at radius 1 is 1.26 bits per heavy atom. The Morgan fingerprint density at radius 3 is 2.74 bits per heavy atom. The highest BCUT2D eigenvalue weighted by Gasteiger charge is 1.98. The molecule has 5 heteroatoms. The molecule has 96 valence electrons. The second-order valence-electron chi connectivity index (χ2n) is 3.93. The normalized spacial score (nSPS) is 9.68. The molecular weight excluding hydrogens is 240 g/mol. The maximum Gasteiger partial charge on any atom is 0.145 e. The third-order valence-electron chi connectivity index (χ3n) is 2.66. The van der Waals surface area contributed by atoms with Crippen LogP contribution in [0.2, 0.25) is 0 Å². The van der Waals surface area contributed by atoms with E-state index in [-0.39, 0.29) is 0 Å². The van der Waals surface area contributed by atoms with Crippen LogP contribution in [0.25, 0.3) is 0 Å². The first-order valence-electron chi connectivity index (χ1n) is 5.91. The van der Waals surface area contributed by atoms with Gasteiger partial charge in [0.2, 0.25) is 0 Å². The van der Waals surface area contributed by atoms with E-state index in [0.29, 0.717) is 11.5 Å². The summed E-state index contributed by atoms with van der Waals surface area (Å²) in [6.45, 7) is 0.744. The van der Waals surface area contributed by atoms with Gasteiger partial charge in [-0.3, -0.25) is 0 Å². The van der Waals surface area contributed by atoms with Gasteiger partial charge in [0.1, 0.15) is 29.7 Å². The van der Waals surface area contributed by atoms with Gasteiger partial charge in [0, 0.05) is 12.6 Å². The summed E-state index contributed by atoms with van der Waals surface area (Å²) in [4.78, 5) is 7.87. The van der Waals surface area contributed by atoms with E-state index in [1.807, 2.05) is 30.3 Å². The van der Waals surface area contributed by atoms with Gasteiger partial charge >= 0.3 is 0 Å². The molecule has 0 amide bonds. The first-order valence-corrected chi connectivity index (χ1v) is 5.91. The molecule has 0 radical (unpaired) electrons. The van der Waals surface area contributed by atoms with E-state index in [1.165, 1.54) is 11.9 Å². The lowest BCUT2D eigenvalue weighted by molar-refractivity contribution is 0.414. The van der Waals surface area contributed by atoms with Crippen molar-refractivity contribution in [1.29, 1.82) is 5.26 Å². The maximum absolute atomic E-state index is 8.73. The molecule has 0 bridgehead atoms. The fraction of sp³-hybridized carbons (Fsp3) is 0.214. The quantitative estimate of drug-likeness (QED) is 0.883. The lowest BCUT2D eigenvalue weighted by atomic mass is 10.1. The lowest BCUT2D eigenvalue weighted by Crippen LogP contribution is -2.06. The van der Waals surface area contributed by atoms with Crippen molar-refractivity contribution in [2.45, 2.75) is 6.42 Å². The molecule has 0 unspecified atom stereocenters. The molecule has 2 aromatic rings. The Balaban J connectivity index is 1.87. The minimum atomic E-state index is 0.363. The van der Waals surface area contributed by atoms with Gasteiger partial charge in [0.05, 0.1) is 7.11 Å². The Kier molecular flexibility index (Phi) is 4.29. The number of benzene rings is 1. The molecule has 1 N–H and O–H groups in total. The first kappa shape index (κ1) is 12.8. The van der Waals surface area contributed by atoms with Crippen LogP contribution in [-0.4, -0.2) is 23.6 Å². The monoisotopic (exact) mass is 254 g/mol. The number of anilines is 1. The van der Waals surface area contributed by atoms with Gasteiger partial charge in [-0.1, -0.05) is 12.1 Å². The molecule has 1 aromatic heterocycles. The Bertz CT molecular complexity index is 575. The largest absolute Gasteiger partial charge is 0.497 e. The summed E-state index contributed by atoms with van der Waals surface area (Å²) in [7, 11) is 1.65. The molecule has 1 heterocycles. The van der Waals surface area contributed by atoms with Gasteiger partial charge in [-0.15, -0.1) is 0 Å². The number of ether oxygens (including phenoxy) is 1. The lowest BCUT2D eigenvalue weighted by Gasteiger charge is -2.06. The van der Waals surface area contributed by atoms with Crippen LogP contribution in [0.4, 0.5) is 5.82 Å². The van der Waals surface area contributed by atoms with Crippen LogP contribution < -0.4 is 10.1 Å². The van der Waals surface area contributed by atoms with E-state index < -0.39 is 0 Å². The standard InChI is InChI=1S/C14H14N4O/c1-19-13-4-2-11(3-5-13)6-7-16-14-8-12(9-15)17-10-18-14/h2-5,8,10H,6-7H2,1H3,(H,16,17,18). The number of nitriles is 1. The zero-order valence-electron chi connectivity index (χ0n) is 10.6. The molecule has 2 rings (SSSR count). The van der Waals surface area contributed by atoms with Crippen LogP contribution in [0.5, 0.6) is 5.75 Å². The molecule has 0 fully saturated rings. The topological polar surface area (TPSA) is 70.8 Å². The number of hydrogen-bond donors (Lipinski definition) is 1. The highest BCUT2D eigenvalue weighted by atomic mass is 16.5. The predicted octanol–water partition coefficient (Wildman–Crippen LogP) is 2.01. The van der Waals surface area contributed by atoms with E-state index in [2.05, 4.69) is 15.3 Å². The van der Waals surface area contributed by atoms with Gasteiger partial charge in [0.15, 0.2) is 0 Å². The van der Waals surface area contributed by atoms with E-state index in [1.54, 1.807) is 13.2 Å². The van der Waals surface area contributed by atoms with E-state index in [0.717, 1.165) is 18.7 Å². The highest BCUT2D eigenvalue weighted by molar-refractivity contribution is 5.39. The fourth-order valence-corrected chi connectivity index (χ4v) is 1.64. The number of nitrogens with one attached hydrogen (secondary N) is 1. The summed E-state index contributed by atoms with van der Waals surface area (Å²) in [6, 6.07) is 11.6. The van der Waals surface area contributed by atoms with Crippen LogP contribution in [0.1, 0.15) is 11.3 Å². The fourth-order valence-electron chi connectivity index (χ4n) is 1.64. The second kappa shape index (κ2) is 6.36. The molecular formula is C14H14N4O. The second-order valence-corrected chi connectivity index (χ2v) is 3.93. The summed E-state index contributed by atoms with van der Waals surface area (Å²) >= 11 is 0. The third-order valence-corrected chi connectivity index (χ3v) is 2.66. The SMILES string of the molecule is COc1ccc(CCNc2cc(C#N)ncn2)cc1. The molecule has 0 aliphatic rings. The Morgan fingerprint density at radius 2 is 2.05 bits per heavy atom. The first-order chi connectivity index (χ1) is 9.31. The molecule has 0 saturated carbocycles. The minimum absolute atomic E-state index is 0.363. The molecule has 0 spiro atoms. The number of aromatic nitrogens is 2. The summed E-state index contributed by atoms with van der Waals surface area (Å²) in [5.74, 6) is 1.52. The average Bonchev–Trinajstić information content (AvgIpc) is 2.48. The van der Waals surface area contributed by atoms with Crippen molar-refractivity contribution >= 4 is 5.82 Å². The van der Waals surface area contributed by atoms with Gasteiger partial charge < -0.3 is 10.1 Å². The number of nitrogens with zero attached hydrogens (tertiary/aromatic N) is 3. The highest BCUT2D eigenvalue weighted by Crippen LogP contribution is 2.12. The van der Waals surface area contributed by atoms with E-state index >= 15 is 0 Å². The molecule has 0 aliphatic heterocycles. The van der Waals surface area contributed by atoms with Crippen molar-refractivity contribution in [2.75, 3.05) is 19.0 Å². The van der Waals surface area contributed by atoms with E-state index in [4.69, 9.17) is 10.00 Å². The van der Waals surface area contributed by atoms with Crippen molar-refractivity contribution in [1.82, 2.24) is 9.97 Å². The molecule has 0 atom stereocenters. The molecule has 1 aromatic carbocycles. The van der Waals surface area contributed by atoms with E-state index in [9.17, 15) is 0 Å². The zero-order valence-corrected chi connectivity index (χ0v) is 10.6. The van der Waals surface area contributed by atoms with Gasteiger partial charge in [-0.2, -0.15) is 5.26 Å². The number of rotatable bonds is 5. The zero-order chi connectivity index (χ0) is 13.5. The van der Waals surface area contributed by atoms with Crippen LogP contribution in [0.15, 0.2) is 36.7 Å². The van der Waals surface area contributed by atoms with Crippen LogP contribution in [0, 0.1) is 11.3 Å². The smallest absolute Gasteiger partial charge is 0.145 e. The van der Waals surface area contributed by atoms with Crippen molar-refractivity contribution in [3.63, 3.8) is 0 Å². The Hall–Kier alpha value is -2.61. The molecule has 0 saturated heterocycles. The molecule has 19 heavy (non-hydrogen) atoms.